The van der Waals surface area contributed by atoms with Crippen LogP contribution in [-0.4, -0.2) is 48.0 Å². The molecule has 3 rings (SSSR count). The highest BCUT2D eigenvalue weighted by atomic mass is 16.2. The standard InChI is InChI=1S/C18H24N8O2/c1-11-15(16(19)22-18(20)21-11)26-9-7-25(8-10-26)14-5-3-13(4-6-14)17(28)24-23-12(2)27/h3-6H,7-10H2,1-2H3,(H,23,27)(H,24,28)(H4,19,20,21,22). The van der Waals surface area contributed by atoms with Crippen molar-refractivity contribution in [1.82, 2.24) is 20.8 Å². The average Bonchev–Trinajstić information content (AvgIpc) is 2.66. The summed E-state index contributed by atoms with van der Waals surface area (Å²) in [6.45, 7) is 6.32. The monoisotopic (exact) mass is 384 g/mol. The van der Waals surface area contributed by atoms with E-state index in [9.17, 15) is 9.59 Å². The Hall–Kier alpha value is -3.56. The van der Waals surface area contributed by atoms with E-state index in [1.165, 1.54) is 6.92 Å². The van der Waals surface area contributed by atoms with E-state index in [0.717, 1.165) is 43.2 Å². The fourth-order valence-corrected chi connectivity index (χ4v) is 3.23. The largest absolute Gasteiger partial charge is 0.382 e. The first-order chi connectivity index (χ1) is 13.3. The molecule has 10 heteroatoms. The van der Waals surface area contributed by atoms with Crippen molar-refractivity contribution < 1.29 is 9.59 Å². The molecule has 0 radical (unpaired) electrons. The molecule has 2 aromatic rings. The minimum atomic E-state index is -0.360. The van der Waals surface area contributed by atoms with Gasteiger partial charge in [-0.3, -0.25) is 20.4 Å². The number of nitrogens with zero attached hydrogens (tertiary/aromatic N) is 4. The zero-order chi connectivity index (χ0) is 20.3. The molecule has 0 spiro atoms. The summed E-state index contributed by atoms with van der Waals surface area (Å²) in [4.78, 5) is 35.5. The van der Waals surface area contributed by atoms with Gasteiger partial charge in [0.15, 0.2) is 5.82 Å². The van der Waals surface area contributed by atoms with E-state index >= 15 is 0 Å². The molecule has 0 saturated carbocycles. The number of benzene rings is 1. The van der Waals surface area contributed by atoms with Gasteiger partial charge in [-0.2, -0.15) is 4.98 Å². The summed E-state index contributed by atoms with van der Waals surface area (Å²) in [5.74, 6) is -0.112. The SMILES string of the molecule is CC(=O)NNC(=O)c1ccc(N2CCN(c3c(C)nc(N)nc3N)CC2)cc1. The van der Waals surface area contributed by atoms with Crippen molar-refractivity contribution in [3.05, 3.63) is 35.5 Å². The lowest BCUT2D eigenvalue weighted by molar-refractivity contribution is -0.119. The Morgan fingerprint density at radius 3 is 2.14 bits per heavy atom. The zero-order valence-electron chi connectivity index (χ0n) is 15.9. The number of carbonyl (C=O) groups is 2. The summed E-state index contributed by atoms with van der Waals surface area (Å²) in [5.41, 5.74) is 19.4. The van der Waals surface area contributed by atoms with Crippen molar-refractivity contribution in [2.24, 2.45) is 0 Å². The molecule has 1 aromatic heterocycles. The van der Waals surface area contributed by atoms with Crippen LogP contribution in [0.1, 0.15) is 23.0 Å². The Labute approximate surface area is 162 Å². The van der Waals surface area contributed by atoms with E-state index in [-0.39, 0.29) is 17.8 Å². The Bertz CT molecular complexity index is 853. The third-order valence-electron chi connectivity index (χ3n) is 4.55. The average molecular weight is 384 g/mol. The Morgan fingerprint density at radius 1 is 0.964 bits per heavy atom. The van der Waals surface area contributed by atoms with Crippen LogP contribution in [0.3, 0.4) is 0 Å². The van der Waals surface area contributed by atoms with Crippen LogP contribution in [-0.2, 0) is 4.79 Å². The molecule has 2 amide bonds. The smallest absolute Gasteiger partial charge is 0.269 e. The van der Waals surface area contributed by atoms with Crippen molar-refractivity contribution >= 4 is 35.0 Å². The number of nitrogens with two attached hydrogens (primary N) is 2. The molecule has 6 N–H and O–H groups in total. The van der Waals surface area contributed by atoms with E-state index in [1.54, 1.807) is 12.1 Å². The number of hydrogen-bond donors (Lipinski definition) is 4. The van der Waals surface area contributed by atoms with Gasteiger partial charge in [0.05, 0.1) is 5.69 Å². The zero-order valence-corrected chi connectivity index (χ0v) is 15.9. The first-order valence-electron chi connectivity index (χ1n) is 8.91. The van der Waals surface area contributed by atoms with Gasteiger partial charge >= 0.3 is 0 Å². The third kappa shape index (κ3) is 4.22. The minimum absolute atomic E-state index is 0.181. The lowest BCUT2D eigenvalue weighted by Gasteiger charge is -2.38. The maximum atomic E-state index is 11.9. The summed E-state index contributed by atoms with van der Waals surface area (Å²) in [5, 5.41) is 0. The van der Waals surface area contributed by atoms with Crippen LogP contribution in [0.25, 0.3) is 0 Å². The van der Waals surface area contributed by atoms with Gasteiger partial charge in [0.25, 0.3) is 5.91 Å². The number of piperazine rings is 1. The summed E-state index contributed by atoms with van der Waals surface area (Å²) >= 11 is 0. The van der Waals surface area contributed by atoms with E-state index in [4.69, 9.17) is 11.5 Å². The van der Waals surface area contributed by atoms with E-state index in [2.05, 4.69) is 30.6 Å². The summed E-state index contributed by atoms with van der Waals surface area (Å²) in [6, 6.07) is 7.25. The van der Waals surface area contributed by atoms with Gasteiger partial charge in [0.2, 0.25) is 11.9 Å². The summed E-state index contributed by atoms with van der Waals surface area (Å²) < 4.78 is 0. The first-order valence-corrected chi connectivity index (χ1v) is 8.91. The normalized spacial score (nSPS) is 13.9. The number of amides is 2. The molecule has 1 aromatic carbocycles. The molecule has 2 heterocycles. The number of aryl methyl sites for hydroxylation is 1. The first kappa shape index (κ1) is 19.2. The van der Waals surface area contributed by atoms with E-state index < -0.39 is 0 Å². The number of nitrogens with one attached hydrogen (secondary N) is 2. The number of nitrogen functional groups attached to an aromatic ring is 2. The predicted octanol–water partition coefficient (Wildman–Crippen LogP) is 0.0569. The minimum Gasteiger partial charge on any atom is -0.382 e. The molecule has 0 bridgehead atoms. The highest BCUT2D eigenvalue weighted by Crippen LogP contribution is 2.27. The van der Waals surface area contributed by atoms with Gasteiger partial charge in [0, 0.05) is 44.4 Å². The van der Waals surface area contributed by atoms with Crippen LogP contribution in [0.2, 0.25) is 0 Å². The lowest BCUT2D eigenvalue weighted by Crippen LogP contribution is -2.47. The van der Waals surface area contributed by atoms with Crippen molar-refractivity contribution in [1.29, 1.82) is 0 Å². The second-order valence-corrected chi connectivity index (χ2v) is 6.56. The Balaban J connectivity index is 1.62. The van der Waals surface area contributed by atoms with Crippen molar-refractivity contribution in [2.45, 2.75) is 13.8 Å². The van der Waals surface area contributed by atoms with Gasteiger partial charge in [-0.25, -0.2) is 4.98 Å². The van der Waals surface area contributed by atoms with Gasteiger partial charge in [-0.05, 0) is 31.2 Å². The quantitative estimate of drug-likeness (QED) is 0.544. The Kier molecular flexibility index (Phi) is 5.48. The van der Waals surface area contributed by atoms with Crippen LogP contribution in [0.4, 0.5) is 23.1 Å². The van der Waals surface area contributed by atoms with Crippen LogP contribution >= 0.6 is 0 Å². The highest BCUT2D eigenvalue weighted by molar-refractivity contribution is 5.95. The molecule has 1 fully saturated rings. The van der Waals surface area contributed by atoms with Gasteiger partial charge in [-0.15, -0.1) is 0 Å². The van der Waals surface area contributed by atoms with E-state index in [1.807, 2.05) is 19.1 Å². The fraction of sp³-hybridized carbons (Fsp3) is 0.333. The van der Waals surface area contributed by atoms with Crippen molar-refractivity contribution in [3.8, 4) is 0 Å². The molecule has 10 nitrogen and oxygen atoms in total. The maximum absolute atomic E-state index is 11.9. The van der Waals surface area contributed by atoms with Crippen LogP contribution in [0.5, 0.6) is 0 Å². The molecule has 28 heavy (non-hydrogen) atoms. The van der Waals surface area contributed by atoms with E-state index in [0.29, 0.717) is 11.4 Å². The van der Waals surface area contributed by atoms with Gasteiger partial charge in [0.1, 0.15) is 5.69 Å². The number of hydrazine groups is 1. The van der Waals surface area contributed by atoms with Gasteiger partial charge in [-0.1, -0.05) is 0 Å². The van der Waals surface area contributed by atoms with Crippen LogP contribution < -0.4 is 32.1 Å². The fourth-order valence-electron chi connectivity index (χ4n) is 3.23. The highest BCUT2D eigenvalue weighted by Gasteiger charge is 2.22. The number of hydrogen-bond acceptors (Lipinski definition) is 8. The van der Waals surface area contributed by atoms with Crippen molar-refractivity contribution in [3.63, 3.8) is 0 Å². The number of carbonyl (C=O) groups excluding carboxylic acids is 2. The summed E-state index contributed by atoms with van der Waals surface area (Å²) in [6.07, 6.45) is 0. The topological polar surface area (TPSA) is 142 Å². The van der Waals surface area contributed by atoms with Gasteiger partial charge < -0.3 is 21.3 Å². The molecule has 0 atom stereocenters. The molecule has 1 saturated heterocycles. The lowest BCUT2D eigenvalue weighted by atomic mass is 10.1. The molecule has 0 unspecified atom stereocenters. The number of aromatic nitrogens is 2. The van der Waals surface area contributed by atoms with Crippen LogP contribution in [0, 0.1) is 6.92 Å². The maximum Gasteiger partial charge on any atom is 0.269 e. The van der Waals surface area contributed by atoms with Crippen LogP contribution in [0.15, 0.2) is 24.3 Å². The molecular weight excluding hydrogens is 360 g/mol. The van der Waals surface area contributed by atoms with Crippen molar-refractivity contribution in [2.75, 3.05) is 47.4 Å². The predicted molar refractivity (Wildman–Crippen MR) is 108 cm³/mol. The molecule has 0 aliphatic carbocycles. The molecule has 1 aliphatic rings. The molecule has 1 aliphatic heterocycles. The molecule has 148 valence electrons. The Morgan fingerprint density at radius 2 is 1.57 bits per heavy atom. The second-order valence-electron chi connectivity index (χ2n) is 6.56. The number of rotatable bonds is 3. The summed E-state index contributed by atoms with van der Waals surface area (Å²) in [7, 11) is 0. The number of anilines is 4. The second kappa shape index (κ2) is 7.99. The third-order valence-corrected chi connectivity index (χ3v) is 4.55. The molecular formula is C18H24N8O2.